The molecule has 1 aliphatic rings. The van der Waals surface area contributed by atoms with Gasteiger partial charge in [-0.25, -0.2) is 4.39 Å². The van der Waals surface area contributed by atoms with Crippen molar-refractivity contribution in [2.45, 2.75) is 25.1 Å². The number of hydrogen-bond acceptors (Lipinski definition) is 2. The summed E-state index contributed by atoms with van der Waals surface area (Å²) in [5, 5.41) is 0. The van der Waals surface area contributed by atoms with Crippen LogP contribution in [0.2, 0.25) is 0 Å². The molecule has 1 aromatic carbocycles. The monoisotopic (exact) mass is 222 g/mol. The van der Waals surface area contributed by atoms with Gasteiger partial charge in [0.15, 0.2) is 0 Å². The van der Waals surface area contributed by atoms with Crippen LogP contribution in [-0.2, 0) is 6.54 Å². The van der Waals surface area contributed by atoms with Gasteiger partial charge in [0.05, 0.1) is 0 Å². The summed E-state index contributed by atoms with van der Waals surface area (Å²) >= 11 is 0. The lowest BCUT2D eigenvalue weighted by Crippen LogP contribution is -2.49. The van der Waals surface area contributed by atoms with Crippen molar-refractivity contribution in [3.05, 3.63) is 35.9 Å². The van der Waals surface area contributed by atoms with Gasteiger partial charge in [-0.1, -0.05) is 30.3 Å². The lowest BCUT2D eigenvalue weighted by atomic mass is 9.94. The second kappa shape index (κ2) is 4.93. The Kier molecular flexibility index (Phi) is 3.56. The highest BCUT2D eigenvalue weighted by molar-refractivity contribution is 5.14. The highest BCUT2D eigenvalue weighted by Crippen LogP contribution is 2.25. The van der Waals surface area contributed by atoms with Crippen LogP contribution >= 0.6 is 0 Å². The van der Waals surface area contributed by atoms with E-state index in [-0.39, 0.29) is 6.54 Å². The topological polar surface area (TPSA) is 29.3 Å². The number of likely N-dealkylation sites (tertiary alicyclic amines) is 1. The first-order valence-corrected chi connectivity index (χ1v) is 5.87. The number of halogens is 1. The number of alkyl halides is 1. The predicted octanol–water partition coefficient (Wildman–Crippen LogP) is 1.95. The Bertz CT molecular complexity index is 328. The highest BCUT2D eigenvalue weighted by atomic mass is 19.1. The molecule has 0 saturated carbocycles. The number of nitrogens with two attached hydrogens (primary N) is 1. The Morgan fingerprint density at radius 3 is 2.75 bits per heavy atom. The molecular formula is C13H19FN2. The molecule has 0 radical (unpaired) electrons. The Hall–Kier alpha value is -0.930. The molecule has 0 unspecified atom stereocenters. The normalized spacial score (nSPS) is 26.9. The third-order valence-electron chi connectivity index (χ3n) is 3.22. The molecule has 1 atom stereocenters. The van der Waals surface area contributed by atoms with E-state index in [2.05, 4.69) is 17.0 Å². The third kappa shape index (κ3) is 2.80. The van der Waals surface area contributed by atoms with Crippen LogP contribution in [0.5, 0.6) is 0 Å². The van der Waals surface area contributed by atoms with Gasteiger partial charge in [0.25, 0.3) is 0 Å². The zero-order chi connectivity index (χ0) is 11.4. The highest BCUT2D eigenvalue weighted by Gasteiger charge is 2.33. The van der Waals surface area contributed by atoms with E-state index in [0.717, 1.165) is 19.5 Å². The summed E-state index contributed by atoms with van der Waals surface area (Å²) < 4.78 is 14.1. The molecule has 1 fully saturated rings. The van der Waals surface area contributed by atoms with Crippen LogP contribution in [0.1, 0.15) is 18.4 Å². The number of piperidine rings is 1. The smallest absolute Gasteiger partial charge is 0.135 e. The molecule has 1 aliphatic heterocycles. The summed E-state index contributed by atoms with van der Waals surface area (Å²) in [6.45, 7) is 2.41. The van der Waals surface area contributed by atoms with Crippen molar-refractivity contribution in [1.82, 2.24) is 4.90 Å². The minimum atomic E-state index is -1.17. The molecule has 1 saturated heterocycles. The maximum atomic E-state index is 14.1. The summed E-state index contributed by atoms with van der Waals surface area (Å²) in [6.07, 6.45) is 1.51. The number of benzene rings is 1. The summed E-state index contributed by atoms with van der Waals surface area (Å²) in [7, 11) is 0. The molecule has 0 aromatic heterocycles. The van der Waals surface area contributed by atoms with Crippen LogP contribution < -0.4 is 5.73 Å². The van der Waals surface area contributed by atoms with Crippen LogP contribution in [0.4, 0.5) is 4.39 Å². The second-order valence-electron chi connectivity index (χ2n) is 4.65. The zero-order valence-corrected chi connectivity index (χ0v) is 9.53. The molecule has 88 valence electrons. The van der Waals surface area contributed by atoms with Crippen LogP contribution in [-0.4, -0.2) is 30.2 Å². The van der Waals surface area contributed by atoms with Gasteiger partial charge in [0.1, 0.15) is 5.67 Å². The van der Waals surface area contributed by atoms with Crippen molar-refractivity contribution in [1.29, 1.82) is 0 Å². The summed E-state index contributed by atoms with van der Waals surface area (Å²) in [4.78, 5) is 2.16. The largest absolute Gasteiger partial charge is 0.327 e. The lowest BCUT2D eigenvalue weighted by Gasteiger charge is -2.36. The number of rotatable bonds is 3. The fourth-order valence-electron chi connectivity index (χ4n) is 2.32. The zero-order valence-electron chi connectivity index (χ0n) is 9.53. The van der Waals surface area contributed by atoms with Crippen molar-refractivity contribution >= 4 is 0 Å². The maximum absolute atomic E-state index is 14.1. The number of hydrogen-bond donors (Lipinski definition) is 1. The Morgan fingerprint density at radius 2 is 2.06 bits per heavy atom. The first-order valence-electron chi connectivity index (χ1n) is 5.87. The molecule has 2 nitrogen and oxygen atoms in total. The second-order valence-corrected chi connectivity index (χ2v) is 4.65. The van der Waals surface area contributed by atoms with Crippen molar-refractivity contribution in [3.8, 4) is 0 Å². The quantitative estimate of drug-likeness (QED) is 0.847. The van der Waals surface area contributed by atoms with Crippen molar-refractivity contribution in [2.24, 2.45) is 5.73 Å². The molecular weight excluding hydrogens is 203 g/mol. The lowest BCUT2D eigenvalue weighted by molar-refractivity contribution is 0.0482. The molecule has 3 heteroatoms. The van der Waals surface area contributed by atoms with E-state index in [4.69, 9.17) is 5.73 Å². The molecule has 0 bridgehead atoms. The summed E-state index contributed by atoms with van der Waals surface area (Å²) in [6, 6.07) is 10.2. The van der Waals surface area contributed by atoms with Crippen molar-refractivity contribution in [2.75, 3.05) is 19.6 Å². The SMILES string of the molecule is NC[C@]1(F)CCCN(Cc2ccccc2)C1. The molecule has 2 rings (SSSR count). The van der Waals surface area contributed by atoms with Gasteiger partial charge >= 0.3 is 0 Å². The Balaban J connectivity index is 1.96. The minimum Gasteiger partial charge on any atom is -0.327 e. The number of nitrogens with zero attached hydrogens (tertiary/aromatic N) is 1. The van der Waals surface area contributed by atoms with E-state index in [1.807, 2.05) is 18.2 Å². The van der Waals surface area contributed by atoms with Gasteiger partial charge in [-0.15, -0.1) is 0 Å². The van der Waals surface area contributed by atoms with Crippen LogP contribution in [0, 0.1) is 0 Å². The molecule has 0 amide bonds. The first kappa shape index (κ1) is 11.6. The maximum Gasteiger partial charge on any atom is 0.135 e. The van der Waals surface area contributed by atoms with Crippen molar-refractivity contribution < 1.29 is 4.39 Å². The van der Waals surface area contributed by atoms with Gasteiger partial charge in [-0.05, 0) is 24.9 Å². The standard InChI is InChI=1S/C13H19FN2/c14-13(10-15)7-4-8-16(11-13)9-12-5-2-1-3-6-12/h1-3,5-6H,4,7-11,15H2/t13-/m1/s1. The van der Waals surface area contributed by atoms with Gasteiger partial charge in [0.2, 0.25) is 0 Å². The van der Waals surface area contributed by atoms with Crippen LogP contribution in [0.3, 0.4) is 0 Å². The molecule has 16 heavy (non-hydrogen) atoms. The van der Waals surface area contributed by atoms with Crippen LogP contribution in [0.15, 0.2) is 30.3 Å². The van der Waals surface area contributed by atoms with E-state index >= 15 is 0 Å². The van der Waals surface area contributed by atoms with Gasteiger partial charge in [-0.2, -0.15) is 0 Å². The average Bonchev–Trinajstić information content (AvgIpc) is 2.30. The minimum absolute atomic E-state index is 0.137. The molecule has 2 N–H and O–H groups in total. The third-order valence-corrected chi connectivity index (χ3v) is 3.22. The first-order chi connectivity index (χ1) is 7.72. The fourth-order valence-corrected chi connectivity index (χ4v) is 2.32. The Labute approximate surface area is 96.2 Å². The Morgan fingerprint density at radius 1 is 1.31 bits per heavy atom. The van der Waals surface area contributed by atoms with Gasteiger partial charge in [0, 0.05) is 19.6 Å². The molecule has 1 heterocycles. The van der Waals surface area contributed by atoms with Crippen molar-refractivity contribution in [3.63, 3.8) is 0 Å². The summed E-state index contributed by atoms with van der Waals surface area (Å²) in [5.41, 5.74) is 5.56. The molecule has 1 aromatic rings. The summed E-state index contributed by atoms with van der Waals surface area (Å²) in [5.74, 6) is 0. The van der Waals surface area contributed by atoms with Gasteiger partial charge in [-0.3, -0.25) is 4.90 Å². The van der Waals surface area contributed by atoms with Crippen LogP contribution in [0.25, 0.3) is 0 Å². The van der Waals surface area contributed by atoms with E-state index in [9.17, 15) is 4.39 Å². The fraction of sp³-hybridized carbons (Fsp3) is 0.538. The van der Waals surface area contributed by atoms with E-state index in [0.29, 0.717) is 13.0 Å². The average molecular weight is 222 g/mol. The predicted molar refractivity (Wildman–Crippen MR) is 63.8 cm³/mol. The van der Waals surface area contributed by atoms with E-state index in [1.54, 1.807) is 0 Å². The molecule has 0 aliphatic carbocycles. The molecule has 0 spiro atoms. The van der Waals surface area contributed by atoms with E-state index in [1.165, 1.54) is 5.56 Å². The van der Waals surface area contributed by atoms with Gasteiger partial charge < -0.3 is 5.73 Å². The van der Waals surface area contributed by atoms with E-state index < -0.39 is 5.67 Å².